The maximum absolute atomic E-state index is 14.8. The zero-order valence-corrected chi connectivity index (χ0v) is 20.8. The van der Waals surface area contributed by atoms with Gasteiger partial charge in [-0.15, -0.1) is 0 Å². The molecule has 38 heavy (non-hydrogen) atoms. The van der Waals surface area contributed by atoms with E-state index < -0.39 is 42.4 Å². The van der Waals surface area contributed by atoms with Crippen LogP contribution in [0.3, 0.4) is 0 Å². The van der Waals surface area contributed by atoms with Gasteiger partial charge >= 0.3 is 12.1 Å². The van der Waals surface area contributed by atoms with E-state index in [1.54, 1.807) is 6.92 Å². The van der Waals surface area contributed by atoms with E-state index in [-0.39, 0.29) is 29.3 Å². The Morgan fingerprint density at radius 3 is 2.76 bits per heavy atom. The van der Waals surface area contributed by atoms with Gasteiger partial charge in [-0.05, 0) is 54.8 Å². The average Bonchev–Trinajstić information content (AvgIpc) is 3.34. The van der Waals surface area contributed by atoms with Crippen LogP contribution in [0.5, 0.6) is 5.75 Å². The van der Waals surface area contributed by atoms with E-state index in [2.05, 4.69) is 10.2 Å². The number of rotatable bonds is 6. The van der Waals surface area contributed by atoms with Gasteiger partial charge in [0.05, 0.1) is 11.6 Å². The smallest absolute Gasteiger partial charge is 0.411 e. The largest absolute Gasteiger partial charge is 0.482 e. The van der Waals surface area contributed by atoms with Crippen molar-refractivity contribution < 1.29 is 33.0 Å². The number of aromatic nitrogens is 2. The number of aromatic amines is 1. The number of carboxylic acids is 1. The van der Waals surface area contributed by atoms with Crippen LogP contribution >= 0.6 is 11.6 Å². The van der Waals surface area contributed by atoms with Crippen LogP contribution < -0.4 is 4.74 Å². The Morgan fingerprint density at radius 1 is 1.18 bits per heavy atom. The second kappa shape index (κ2) is 10.3. The molecule has 0 fully saturated rings. The van der Waals surface area contributed by atoms with Crippen molar-refractivity contribution in [2.75, 3.05) is 13.2 Å². The fourth-order valence-corrected chi connectivity index (χ4v) is 4.93. The van der Waals surface area contributed by atoms with Crippen molar-refractivity contribution in [3.63, 3.8) is 0 Å². The standard InChI is InChI=1S/C27H22ClF2N3O5/c1-14(25-18-4-2-3-5-21(18)31-32-25)38-27(36)33-11-10-16-17(7-8-20(29)24(16)30)26(33)19-12-15(28)6-9-22(19)37-13-23(34)35/h2-9,12,14,26H,10-11,13H2,1H3,(H,31,32)(H,34,35)/t14?,26-/m0/s1. The van der Waals surface area contributed by atoms with E-state index in [9.17, 15) is 18.4 Å². The molecule has 1 aliphatic heterocycles. The summed E-state index contributed by atoms with van der Waals surface area (Å²) in [4.78, 5) is 26.1. The SMILES string of the molecule is CC(OC(=O)N1CCc2c(ccc(F)c2F)[C@H]1c1cc(Cl)ccc1OCC(=O)O)c1n[nH]c2ccccc12. The summed E-state index contributed by atoms with van der Waals surface area (Å²) in [5.41, 5.74) is 2.04. The van der Waals surface area contributed by atoms with E-state index in [1.165, 1.54) is 29.2 Å². The van der Waals surface area contributed by atoms with Crippen molar-refractivity contribution in [2.45, 2.75) is 25.5 Å². The fraction of sp³-hybridized carbons (Fsp3) is 0.222. The van der Waals surface area contributed by atoms with Crippen molar-refractivity contribution in [1.82, 2.24) is 15.1 Å². The third-order valence-electron chi connectivity index (χ3n) is 6.46. The zero-order valence-electron chi connectivity index (χ0n) is 20.1. The van der Waals surface area contributed by atoms with Gasteiger partial charge in [0.1, 0.15) is 17.5 Å². The lowest BCUT2D eigenvalue weighted by molar-refractivity contribution is -0.139. The molecule has 1 aliphatic rings. The first-order valence-corrected chi connectivity index (χ1v) is 12.1. The summed E-state index contributed by atoms with van der Waals surface area (Å²) in [5.74, 6) is -3.10. The molecule has 4 aromatic rings. The monoisotopic (exact) mass is 541 g/mol. The van der Waals surface area contributed by atoms with E-state index in [4.69, 9.17) is 26.2 Å². The van der Waals surface area contributed by atoms with Crippen LogP contribution in [-0.2, 0) is 16.0 Å². The molecule has 5 rings (SSSR count). The minimum Gasteiger partial charge on any atom is -0.482 e. The van der Waals surface area contributed by atoms with Crippen LogP contribution in [0.25, 0.3) is 10.9 Å². The quantitative estimate of drug-likeness (QED) is 0.319. The predicted octanol–water partition coefficient (Wildman–Crippen LogP) is 5.80. The lowest BCUT2D eigenvalue weighted by Crippen LogP contribution is -2.42. The number of nitrogens with zero attached hydrogens (tertiary/aromatic N) is 2. The van der Waals surface area contributed by atoms with Crippen LogP contribution in [0.15, 0.2) is 54.6 Å². The van der Waals surface area contributed by atoms with Gasteiger partial charge in [-0.2, -0.15) is 5.10 Å². The highest BCUT2D eigenvalue weighted by Gasteiger charge is 2.38. The van der Waals surface area contributed by atoms with Crippen molar-refractivity contribution in [2.24, 2.45) is 0 Å². The number of carboxylic acid groups (broad SMARTS) is 1. The Balaban J connectivity index is 1.55. The summed E-state index contributed by atoms with van der Waals surface area (Å²) in [6.07, 6.45) is -1.43. The molecule has 2 N–H and O–H groups in total. The number of fused-ring (bicyclic) bond motifs is 2. The molecular weight excluding hydrogens is 520 g/mol. The maximum Gasteiger partial charge on any atom is 0.411 e. The summed E-state index contributed by atoms with van der Waals surface area (Å²) in [6.45, 7) is 1.03. The number of hydrogen-bond acceptors (Lipinski definition) is 5. The molecule has 0 spiro atoms. The number of amides is 1. The molecule has 11 heteroatoms. The normalized spacial score (nSPS) is 15.7. The van der Waals surface area contributed by atoms with Crippen molar-refractivity contribution in [3.8, 4) is 5.75 Å². The van der Waals surface area contributed by atoms with Gasteiger partial charge < -0.3 is 14.6 Å². The van der Waals surface area contributed by atoms with Crippen LogP contribution in [0, 0.1) is 11.6 Å². The Hall–Kier alpha value is -4.18. The van der Waals surface area contributed by atoms with E-state index in [1.807, 2.05) is 24.3 Å². The highest BCUT2D eigenvalue weighted by atomic mass is 35.5. The number of ether oxygens (including phenoxy) is 2. The number of benzene rings is 3. The van der Waals surface area contributed by atoms with Gasteiger partial charge in [0, 0.05) is 22.5 Å². The molecule has 2 heterocycles. The van der Waals surface area contributed by atoms with Crippen LogP contribution in [0.2, 0.25) is 5.02 Å². The van der Waals surface area contributed by atoms with Gasteiger partial charge in [0.15, 0.2) is 18.2 Å². The molecule has 0 aliphatic carbocycles. The van der Waals surface area contributed by atoms with Crippen LogP contribution in [-0.4, -0.2) is 45.4 Å². The molecule has 1 aromatic heterocycles. The summed E-state index contributed by atoms with van der Waals surface area (Å²) >= 11 is 6.26. The first kappa shape index (κ1) is 25.5. The van der Waals surface area contributed by atoms with Crippen LogP contribution in [0.1, 0.15) is 41.5 Å². The molecule has 8 nitrogen and oxygen atoms in total. The minimum atomic E-state index is -1.21. The lowest BCUT2D eigenvalue weighted by Gasteiger charge is -2.38. The van der Waals surface area contributed by atoms with E-state index >= 15 is 0 Å². The van der Waals surface area contributed by atoms with Crippen molar-refractivity contribution in [1.29, 1.82) is 0 Å². The number of H-pyrrole nitrogens is 1. The Bertz CT molecular complexity index is 1540. The summed E-state index contributed by atoms with van der Waals surface area (Å²) in [6, 6.07) is 13.3. The average molecular weight is 542 g/mol. The predicted molar refractivity (Wildman–Crippen MR) is 134 cm³/mol. The van der Waals surface area contributed by atoms with Gasteiger partial charge in [0.25, 0.3) is 0 Å². The summed E-state index contributed by atoms with van der Waals surface area (Å²) < 4.78 is 40.2. The molecule has 0 radical (unpaired) electrons. The second-order valence-electron chi connectivity index (χ2n) is 8.82. The fourth-order valence-electron chi connectivity index (χ4n) is 4.75. The molecule has 3 aromatic carbocycles. The molecule has 1 unspecified atom stereocenters. The van der Waals surface area contributed by atoms with Gasteiger partial charge in [0.2, 0.25) is 0 Å². The van der Waals surface area contributed by atoms with Gasteiger partial charge in [-0.25, -0.2) is 18.4 Å². The highest BCUT2D eigenvalue weighted by Crippen LogP contribution is 2.42. The molecule has 196 valence electrons. The van der Waals surface area contributed by atoms with Crippen molar-refractivity contribution in [3.05, 3.63) is 93.6 Å². The summed E-state index contributed by atoms with van der Waals surface area (Å²) in [5, 5.41) is 17.4. The topological polar surface area (TPSA) is 105 Å². The zero-order chi connectivity index (χ0) is 27.0. The number of aliphatic carboxylic acids is 1. The summed E-state index contributed by atoms with van der Waals surface area (Å²) in [7, 11) is 0. The maximum atomic E-state index is 14.8. The van der Waals surface area contributed by atoms with E-state index in [0.29, 0.717) is 16.8 Å². The third-order valence-corrected chi connectivity index (χ3v) is 6.69. The third kappa shape index (κ3) is 4.74. The molecule has 0 saturated carbocycles. The molecule has 0 saturated heterocycles. The number of hydrogen-bond donors (Lipinski definition) is 2. The minimum absolute atomic E-state index is 0.00418. The number of para-hydroxylation sites is 1. The Kier molecular flexibility index (Phi) is 6.90. The number of carbonyl (C=O) groups excluding carboxylic acids is 1. The van der Waals surface area contributed by atoms with E-state index in [0.717, 1.165) is 17.0 Å². The highest BCUT2D eigenvalue weighted by molar-refractivity contribution is 6.30. The number of halogens is 3. The molecular formula is C27H22ClF2N3O5. The molecule has 0 bridgehead atoms. The van der Waals surface area contributed by atoms with Gasteiger partial charge in [-0.3, -0.25) is 10.00 Å². The molecule has 2 atom stereocenters. The molecule has 1 amide bonds. The first-order valence-electron chi connectivity index (χ1n) is 11.8. The Labute approximate surface area is 220 Å². The van der Waals surface area contributed by atoms with Gasteiger partial charge in [-0.1, -0.05) is 35.9 Å². The second-order valence-corrected chi connectivity index (χ2v) is 9.26. The lowest BCUT2D eigenvalue weighted by atomic mass is 9.87. The van der Waals surface area contributed by atoms with Crippen LogP contribution in [0.4, 0.5) is 13.6 Å². The van der Waals surface area contributed by atoms with Crippen molar-refractivity contribution >= 4 is 34.6 Å². The number of nitrogens with one attached hydrogen (secondary N) is 1. The Morgan fingerprint density at radius 2 is 1.97 bits per heavy atom. The first-order chi connectivity index (χ1) is 18.2. The number of carbonyl (C=O) groups is 2.